The maximum atomic E-state index is 3.59. The zero-order valence-electron chi connectivity index (χ0n) is 14.2. The van der Waals surface area contributed by atoms with Crippen molar-refractivity contribution in [3.05, 3.63) is 0 Å². The van der Waals surface area contributed by atoms with Crippen molar-refractivity contribution in [3.8, 4) is 0 Å². The van der Waals surface area contributed by atoms with E-state index in [0.717, 1.165) is 13.1 Å². The summed E-state index contributed by atoms with van der Waals surface area (Å²) in [5, 5.41) is 3.59. The van der Waals surface area contributed by atoms with Crippen LogP contribution in [0.1, 0.15) is 61.8 Å². The van der Waals surface area contributed by atoms with Crippen molar-refractivity contribution < 1.29 is 0 Å². The van der Waals surface area contributed by atoms with Crippen LogP contribution in [0.4, 0.5) is 0 Å². The Labute approximate surface area is 116 Å². The largest absolute Gasteiger partial charge is 0.314 e. The number of hydrogen-bond acceptors (Lipinski definition) is 2. The summed E-state index contributed by atoms with van der Waals surface area (Å²) in [5.74, 6) is 0. The molecular formula is C16H36N2. The molecule has 0 rings (SSSR count). The molecule has 2 atom stereocenters. The zero-order valence-corrected chi connectivity index (χ0v) is 14.2. The van der Waals surface area contributed by atoms with Gasteiger partial charge in [-0.15, -0.1) is 0 Å². The summed E-state index contributed by atoms with van der Waals surface area (Å²) in [6.45, 7) is 20.7. The van der Waals surface area contributed by atoms with E-state index in [1.54, 1.807) is 0 Å². The maximum Gasteiger partial charge on any atom is 0.0113 e. The van der Waals surface area contributed by atoms with Crippen molar-refractivity contribution >= 4 is 0 Å². The normalized spacial score (nSPS) is 18.2. The molecule has 110 valence electrons. The topological polar surface area (TPSA) is 15.3 Å². The van der Waals surface area contributed by atoms with Gasteiger partial charge < -0.3 is 10.2 Å². The van der Waals surface area contributed by atoms with Gasteiger partial charge in [0.05, 0.1) is 0 Å². The van der Waals surface area contributed by atoms with E-state index in [9.17, 15) is 0 Å². The van der Waals surface area contributed by atoms with E-state index in [0.29, 0.717) is 22.9 Å². The highest BCUT2D eigenvalue weighted by Crippen LogP contribution is 2.28. The first kappa shape index (κ1) is 17.9. The minimum absolute atomic E-state index is 0.342. The molecule has 0 spiro atoms. The van der Waals surface area contributed by atoms with Crippen molar-refractivity contribution in [1.29, 1.82) is 0 Å². The van der Waals surface area contributed by atoms with Crippen molar-refractivity contribution in [2.45, 2.75) is 73.9 Å². The van der Waals surface area contributed by atoms with Crippen LogP contribution in [0.2, 0.25) is 0 Å². The Balaban J connectivity index is 4.51. The molecule has 2 unspecified atom stereocenters. The molecule has 0 aromatic carbocycles. The van der Waals surface area contributed by atoms with Crippen LogP contribution in [0.5, 0.6) is 0 Å². The van der Waals surface area contributed by atoms with Gasteiger partial charge >= 0.3 is 0 Å². The summed E-state index contributed by atoms with van der Waals surface area (Å²) in [6.07, 6.45) is 1.22. The SMILES string of the molecule is CCC(C)(CNC(C)C)CN(C)C(C)C(C)(C)C. The molecule has 0 amide bonds. The molecule has 0 fully saturated rings. The van der Waals surface area contributed by atoms with E-state index in [4.69, 9.17) is 0 Å². The lowest BCUT2D eigenvalue weighted by Crippen LogP contribution is -2.48. The van der Waals surface area contributed by atoms with E-state index < -0.39 is 0 Å². The third-order valence-corrected chi connectivity index (χ3v) is 4.34. The van der Waals surface area contributed by atoms with Crippen LogP contribution in [0, 0.1) is 10.8 Å². The van der Waals surface area contributed by atoms with E-state index in [1.165, 1.54) is 6.42 Å². The van der Waals surface area contributed by atoms with Gasteiger partial charge in [0, 0.05) is 25.2 Å². The van der Waals surface area contributed by atoms with Crippen LogP contribution in [-0.2, 0) is 0 Å². The van der Waals surface area contributed by atoms with Crippen LogP contribution in [0.25, 0.3) is 0 Å². The number of nitrogens with one attached hydrogen (secondary N) is 1. The predicted molar refractivity (Wildman–Crippen MR) is 83.1 cm³/mol. The molecule has 0 aliphatic rings. The Bertz CT molecular complexity index is 230. The first-order valence-corrected chi connectivity index (χ1v) is 7.45. The second-order valence-electron chi connectivity index (χ2n) is 7.66. The number of nitrogens with zero attached hydrogens (tertiary/aromatic N) is 1. The van der Waals surface area contributed by atoms with Crippen LogP contribution < -0.4 is 5.32 Å². The first-order chi connectivity index (χ1) is 8.02. The van der Waals surface area contributed by atoms with E-state index >= 15 is 0 Å². The van der Waals surface area contributed by atoms with Crippen molar-refractivity contribution in [1.82, 2.24) is 10.2 Å². The van der Waals surface area contributed by atoms with Crippen LogP contribution in [0.3, 0.4) is 0 Å². The van der Waals surface area contributed by atoms with Gasteiger partial charge in [0.2, 0.25) is 0 Å². The summed E-state index contributed by atoms with van der Waals surface area (Å²) in [6, 6.07) is 1.17. The molecule has 2 heteroatoms. The molecule has 1 N–H and O–H groups in total. The van der Waals surface area contributed by atoms with Gasteiger partial charge in [0.25, 0.3) is 0 Å². The molecule has 0 heterocycles. The summed E-state index contributed by atoms with van der Waals surface area (Å²) in [4.78, 5) is 2.52. The minimum Gasteiger partial charge on any atom is -0.314 e. The highest BCUT2D eigenvalue weighted by Gasteiger charge is 2.30. The van der Waals surface area contributed by atoms with Gasteiger partial charge in [-0.25, -0.2) is 0 Å². The van der Waals surface area contributed by atoms with Crippen molar-refractivity contribution in [2.75, 3.05) is 20.1 Å². The Kier molecular flexibility index (Phi) is 6.87. The van der Waals surface area contributed by atoms with Gasteiger partial charge in [0.1, 0.15) is 0 Å². The fourth-order valence-corrected chi connectivity index (χ4v) is 2.14. The van der Waals surface area contributed by atoms with E-state index in [-0.39, 0.29) is 0 Å². The molecule has 0 aliphatic heterocycles. The predicted octanol–water partition coefficient (Wildman–Crippen LogP) is 3.77. The quantitative estimate of drug-likeness (QED) is 0.746. The lowest BCUT2D eigenvalue weighted by atomic mass is 9.83. The minimum atomic E-state index is 0.342. The molecular weight excluding hydrogens is 220 g/mol. The average Bonchev–Trinajstić information content (AvgIpc) is 2.24. The fourth-order valence-electron chi connectivity index (χ4n) is 2.14. The number of rotatable bonds is 7. The lowest BCUT2D eigenvalue weighted by molar-refractivity contribution is 0.0873. The lowest BCUT2D eigenvalue weighted by Gasteiger charge is -2.41. The second kappa shape index (κ2) is 6.91. The summed E-state index contributed by atoms with van der Waals surface area (Å²) >= 11 is 0. The van der Waals surface area contributed by atoms with Gasteiger partial charge in [0.15, 0.2) is 0 Å². The molecule has 0 saturated carbocycles. The van der Waals surface area contributed by atoms with Gasteiger partial charge in [-0.1, -0.05) is 48.5 Å². The summed E-state index contributed by atoms with van der Waals surface area (Å²) < 4.78 is 0. The van der Waals surface area contributed by atoms with Gasteiger partial charge in [-0.2, -0.15) is 0 Å². The molecule has 0 aromatic rings. The first-order valence-electron chi connectivity index (χ1n) is 7.45. The summed E-state index contributed by atoms with van der Waals surface area (Å²) in [5.41, 5.74) is 0.702. The maximum absolute atomic E-state index is 3.59. The van der Waals surface area contributed by atoms with E-state index in [2.05, 4.69) is 72.7 Å². The Morgan fingerprint density at radius 1 is 1.06 bits per heavy atom. The van der Waals surface area contributed by atoms with Crippen LogP contribution >= 0.6 is 0 Å². The monoisotopic (exact) mass is 256 g/mol. The van der Waals surface area contributed by atoms with E-state index in [1.807, 2.05) is 0 Å². The second-order valence-corrected chi connectivity index (χ2v) is 7.66. The highest BCUT2D eigenvalue weighted by atomic mass is 15.1. The Morgan fingerprint density at radius 3 is 1.89 bits per heavy atom. The van der Waals surface area contributed by atoms with Crippen molar-refractivity contribution in [3.63, 3.8) is 0 Å². The molecule has 0 aromatic heterocycles. The Hall–Kier alpha value is -0.0800. The summed E-state index contributed by atoms with van der Waals surface area (Å²) in [7, 11) is 2.26. The molecule has 0 bridgehead atoms. The molecule has 0 aliphatic carbocycles. The van der Waals surface area contributed by atoms with Gasteiger partial charge in [-0.3, -0.25) is 0 Å². The zero-order chi connectivity index (χ0) is 14.6. The van der Waals surface area contributed by atoms with Crippen LogP contribution in [0.15, 0.2) is 0 Å². The number of hydrogen-bond donors (Lipinski definition) is 1. The van der Waals surface area contributed by atoms with Gasteiger partial charge in [-0.05, 0) is 31.2 Å². The average molecular weight is 256 g/mol. The Morgan fingerprint density at radius 2 is 1.56 bits per heavy atom. The fraction of sp³-hybridized carbons (Fsp3) is 1.00. The smallest absolute Gasteiger partial charge is 0.0113 e. The molecule has 2 nitrogen and oxygen atoms in total. The third kappa shape index (κ3) is 6.19. The molecule has 18 heavy (non-hydrogen) atoms. The highest BCUT2D eigenvalue weighted by molar-refractivity contribution is 4.84. The standard InChI is InChI=1S/C16H36N2/c1-10-16(8,11-17-13(2)3)12-18(9)14(4)15(5,6)7/h13-14,17H,10-12H2,1-9H3. The van der Waals surface area contributed by atoms with Crippen LogP contribution in [-0.4, -0.2) is 37.1 Å². The third-order valence-electron chi connectivity index (χ3n) is 4.34. The van der Waals surface area contributed by atoms with Crippen molar-refractivity contribution in [2.24, 2.45) is 10.8 Å². The molecule has 0 saturated heterocycles. The molecule has 0 radical (unpaired) electrons.